The molecule has 0 radical (unpaired) electrons. The van der Waals surface area contributed by atoms with Crippen LogP contribution >= 0.6 is 0 Å². The summed E-state index contributed by atoms with van der Waals surface area (Å²) in [5.41, 5.74) is 0. The lowest BCUT2D eigenvalue weighted by Crippen LogP contribution is -2.63. The van der Waals surface area contributed by atoms with Gasteiger partial charge in [-0.25, -0.2) is 0 Å². The Balaban J connectivity index is 4.35. The summed E-state index contributed by atoms with van der Waals surface area (Å²) in [6, 6.07) is -13.8. The minimum absolute atomic E-state index is 0.000621. The number of allylic oxidation sites excluding steroid dienone is 2. The van der Waals surface area contributed by atoms with Gasteiger partial charge < -0.3 is 65.4 Å². The fourth-order valence-electron chi connectivity index (χ4n) is 10.9. The standard InChI is InChI=1S/C62H111N11O13/c1-25-27-28-38(11)32-46-54(77)65-44(26-2)58(81)67(17)42(15)57(80)72(22)50(39(12)33-86-24)55(78)66-49(37(9)10)61(84)68(18)45(29-34(3)4)53(76)63-40(13)52(75)64-41(14)56(79)70(20)47(30-35(5)6)59(82)71(21)48(31-36(7)8)60(83)73(23)51(43(16)74)62(85)69(46)19/h25,27,34-51,74H,26,28-33H2,1-24H3,(H,63,76)(H,64,75)(H,65,77)(H,66,78). The lowest BCUT2D eigenvalue weighted by molar-refractivity contribution is -0.157. The predicted octanol–water partition coefficient (Wildman–Crippen LogP) is 2.65. The molecule has 1 saturated heterocycles. The number of methoxy groups -OCH3 is 1. The van der Waals surface area contributed by atoms with Gasteiger partial charge in [-0.2, -0.15) is 0 Å². The summed E-state index contributed by atoms with van der Waals surface area (Å²) in [4.78, 5) is 169. The summed E-state index contributed by atoms with van der Waals surface area (Å²) in [6.07, 6.45) is 3.28. The molecule has 0 aromatic heterocycles. The van der Waals surface area contributed by atoms with Crippen LogP contribution in [0, 0.1) is 35.5 Å². The van der Waals surface area contributed by atoms with Crippen LogP contribution < -0.4 is 21.3 Å². The highest BCUT2D eigenvalue weighted by Crippen LogP contribution is 2.25. The Morgan fingerprint density at radius 3 is 1.37 bits per heavy atom. The Hall–Kier alpha value is -6.17. The Morgan fingerprint density at radius 2 is 0.907 bits per heavy atom. The zero-order valence-electron chi connectivity index (χ0n) is 56.5. The van der Waals surface area contributed by atoms with Crippen LogP contribution in [0.25, 0.3) is 0 Å². The number of carbonyl (C=O) groups is 11. The maximum atomic E-state index is 15.0. The second-order valence-electron chi connectivity index (χ2n) is 25.6. The molecule has 1 aliphatic heterocycles. The maximum absolute atomic E-state index is 15.0. The summed E-state index contributed by atoms with van der Waals surface area (Å²) >= 11 is 0. The average Bonchev–Trinajstić information content (AvgIpc) is 1.38. The van der Waals surface area contributed by atoms with Gasteiger partial charge in [-0.1, -0.05) is 88.3 Å². The van der Waals surface area contributed by atoms with E-state index in [9.17, 15) is 53.1 Å². The molecule has 492 valence electrons. The zero-order valence-corrected chi connectivity index (χ0v) is 56.5. The van der Waals surface area contributed by atoms with E-state index in [1.54, 1.807) is 27.7 Å². The number of hydrogen-bond acceptors (Lipinski definition) is 13. The van der Waals surface area contributed by atoms with Gasteiger partial charge in [0.2, 0.25) is 65.0 Å². The van der Waals surface area contributed by atoms with E-state index in [4.69, 9.17) is 4.74 Å². The van der Waals surface area contributed by atoms with E-state index in [1.807, 2.05) is 67.5 Å². The maximum Gasteiger partial charge on any atom is 0.248 e. The molecule has 14 unspecified atom stereocenters. The van der Waals surface area contributed by atoms with E-state index >= 15 is 4.79 Å². The quantitative estimate of drug-likeness (QED) is 0.139. The highest BCUT2D eigenvalue weighted by atomic mass is 16.5. The number of amides is 11. The fourth-order valence-corrected chi connectivity index (χ4v) is 10.9. The largest absolute Gasteiger partial charge is 0.391 e. The van der Waals surface area contributed by atoms with Crippen LogP contribution in [0.5, 0.6) is 0 Å². The van der Waals surface area contributed by atoms with Crippen molar-refractivity contribution in [2.45, 2.75) is 222 Å². The first-order valence-electron chi connectivity index (χ1n) is 30.6. The zero-order chi connectivity index (χ0) is 66.7. The number of aliphatic hydroxyl groups excluding tert-OH is 1. The van der Waals surface area contributed by atoms with E-state index in [0.717, 1.165) is 14.7 Å². The Kier molecular flexibility index (Phi) is 32.2. The van der Waals surface area contributed by atoms with Crippen LogP contribution in [-0.4, -0.2) is 240 Å². The van der Waals surface area contributed by atoms with Crippen molar-refractivity contribution < 1.29 is 62.6 Å². The summed E-state index contributed by atoms with van der Waals surface area (Å²) in [6.45, 7) is 27.3. The van der Waals surface area contributed by atoms with Crippen molar-refractivity contribution in [3.8, 4) is 0 Å². The third-order valence-corrected chi connectivity index (χ3v) is 16.4. The van der Waals surface area contributed by atoms with Crippen LogP contribution in [0.2, 0.25) is 0 Å². The molecule has 24 nitrogen and oxygen atoms in total. The van der Waals surface area contributed by atoms with Gasteiger partial charge in [0.05, 0.1) is 12.7 Å². The van der Waals surface area contributed by atoms with E-state index in [0.29, 0.717) is 6.42 Å². The van der Waals surface area contributed by atoms with Crippen LogP contribution in [0.1, 0.15) is 149 Å². The number of likely N-dealkylation sites (N-methyl/N-ethyl adjacent to an activating group) is 7. The molecule has 1 heterocycles. The van der Waals surface area contributed by atoms with Gasteiger partial charge in [-0.15, -0.1) is 0 Å². The van der Waals surface area contributed by atoms with Crippen molar-refractivity contribution in [1.82, 2.24) is 55.6 Å². The van der Waals surface area contributed by atoms with Crippen molar-refractivity contribution in [2.24, 2.45) is 35.5 Å². The van der Waals surface area contributed by atoms with Gasteiger partial charge in [-0.3, -0.25) is 52.7 Å². The molecule has 0 saturated carbocycles. The second kappa shape index (κ2) is 35.6. The molecular weight excluding hydrogens is 1110 g/mol. The van der Waals surface area contributed by atoms with E-state index < -0.39 is 149 Å². The van der Waals surface area contributed by atoms with Gasteiger partial charge >= 0.3 is 0 Å². The molecule has 1 aliphatic rings. The molecular formula is C62H111N11O13. The van der Waals surface area contributed by atoms with Crippen LogP contribution in [0.15, 0.2) is 12.2 Å². The molecule has 86 heavy (non-hydrogen) atoms. The first-order chi connectivity index (χ1) is 39.8. The normalized spacial score (nSPS) is 27.8. The summed E-state index contributed by atoms with van der Waals surface area (Å²) in [5, 5.41) is 22.5. The number of nitrogens with one attached hydrogen (secondary N) is 4. The monoisotopic (exact) mass is 1220 g/mol. The number of rotatable bonds is 16. The van der Waals surface area contributed by atoms with Crippen molar-refractivity contribution in [2.75, 3.05) is 63.1 Å². The van der Waals surface area contributed by atoms with Crippen molar-refractivity contribution >= 4 is 65.0 Å². The summed E-state index contributed by atoms with van der Waals surface area (Å²) < 4.78 is 5.45. The second-order valence-corrected chi connectivity index (χ2v) is 25.6. The Morgan fingerprint density at radius 1 is 0.477 bits per heavy atom. The molecule has 0 aromatic carbocycles. The smallest absolute Gasteiger partial charge is 0.248 e. The minimum atomic E-state index is -1.59. The molecule has 5 N–H and O–H groups in total. The van der Waals surface area contributed by atoms with Crippen LogP contribution in [0.4, 0.5) is 0 Å². The molecule has 0 bridgehead atoms. The summed E-state index contributed by atoms with van der Waals surface area (Å²) in [5.74, 6) is -9.57. The minimum Gasteiger partial charge on any atom is -0.391 e. The molecule has 24 heteroatoms. The first-order valence-corrected chi connectivity index (χ1v) is 30.6. The first kappa shape index (κ1) is 77.8. The van der Waals surface area contributed by atoms with Crippen molar-refractivity contribution in [3.63, 3.8) is 0 Å². The third kappa shape index (κ3) is 21.3. The summed E-state index contributed by atoms with van der Waals surface area (Å²) in [7, 11) is 11.2. The number of carbonyl (C=O) groups excluding carboxylic acids is 11. The predicted molar refractivity (Wildman–Crippen MR) is 330 cm³/mol. The van der Waals surface area contributed by atoms with Gasteiger partial charge in [0.1, 0.15) is 66.5 Å². The fraction of sp³-hybridized carbons (Fsp3) is 0.790. The topological polar surface area (TPSA) is 288 Å². The Labute approximate surface area is 514 Å². The van der Waals surface area contributed by atoms with Crippen LogP contribution in [0.3, 0.4) is 0 Å². The number of aliphatic hydroxyl groups is 1. The number of nitrogens with zero attached hydrogens (tertiary/aromatic N) is 7. The number of hydrogen-bond donors (Lipinski definition) is 5. The van der Waals surface area contributed by atoms with Crippen molar-refractivity contribution in [1.29, 1.82) is 0 Å². The SMILES string of the molecule is CC=CCC(C)CC1C(=O)NC(CC)C(=O)N(C)C(C)C(=O)N(C)C(C(C)COC)C(=O)NC(C(C)C)C(=O)N(C)C(CC(C)C)C(=O)NC(C)C(=O)NC(C)C(=O)N(C)C(CC(C)C)C(=O)N(C)C(CC(C)C)C(=O)N(C)C(C(C)O)C(=O)N1C. The van der Waals surface area contributed by atoms with E-state index in [2.05, 4.69) is 21.3 Å². The molecule has 1 rings (SSSR count). The lowest BCUT2D eigenvalue weighted by Gasteiger charge is -2.40. The van der Waals surface area contributed by atoms with Gasteiger partial charge in [-0.05, 0) is 103 Å². The average molecular weight is 1220 g/mol. The molecule has 14 atom stereocenters. The highest BCUT2D eigenvalue weighted by Gasteiger charge is 2.45. The van der Waals surface area contributed by atoms with E-state index in [1.165, 1.54) is 104 Å². The number of ether oxygens (including phenoxy) is 1. The lowest BCUT2D eigenvalue weighted by atomic mass is 9.95. The molecule has 11 amide bonds. The van der Waals surface area contributed by atoms with Gasteiger partial charge in [0.15, 0.2) is 0 Å². The molecule has 0 aliphatic carbocycles. The third-order valence-electron chi connectivity index (χ3n) is 16.4. The van der Waals surface area contributed by atoms with Gasteiger partial charge in [0, 0.05) is 62.4 Å². The van der Waals surface area contributed by atoms with Gasteiger partial charge in [0.25, 0.3) is 0 Å². The van der Waals surface area contributed by atoms with Crippen molar-refractivity contribution in [3.05, 3.63) is 12.2 Å². The Bertz CT molecular complexity index is 2350. The highest BCUT2D eigenvalue weighted by molar-refractivity contribution is 6.00. The molecule has 0 aromatic rings. The molecule has 0 spiro atoms. The molecule has 1 fully saturated rings. The van der Waals surface area contributed by atoms with Crippen LogP contribution in [-0.2, 0) is 57.5 Å². The van der Waals surface area contributed by atoms with E-state index in [-0.39, 0.29) is 62.4 Å².